The van der Waals surface area contributed by atoms with Crippen molar-refractivity contribution < 1.29 is 0 Å². The summed E-state index contributed by atoms with van der Waals surface area (Å²) in [6, 6.07) is 0.446. The van der Waals surface area contributed by atoms with Crippen molar-refractivity contribution in [3.8, 4) is 0 Å². The molecule has 1 heterocycles. The molecule has 0 saturated carbocycles. The molecule has 1 rings (SSSR count). The minimum atomic E-state index is 0.446. The van der Waals surface area contributed by atoms with Crippen LogP contribution in [0.25, 0.3) is 0 Å². The summed E-state index contributed by atoms with van der Waals surface area (Å²) >= 11 is 5.25. The van der Waals surface area contributed by atoms with Crippen molar-refractivity contribution >= 4 is 12.2 Å². The Hall–Kier alpha value is -0.640. The standard InChI is InChI=1S/C11H21N3S/c1-5-8(3)7-9(4)14-10(6-2)12-13-11(14)15/h8-9H,5-7H2,1-4H3,(H,13,15). The van der Waals surface area contributed by atoms with Crippen molar-refractivity contribution in [2.75, 3.05) is 0 Å². The number of nitrogens with zero attached hydrogens (tertiary/aromatic N) is 2. The summed E-state index contributed by atoms with van der Waals surface area (Å²) in [5.74, 6) is 1.80. The van der Waals surface area contributed by atoms with E-state index in [4.69, 9.17) is 12.2 Å². The van der Waals surface area contributed by atoms with Crippen LogP contribution in [0.3, 0.4) is 0 Å². The second kappa shape index (κ2) is 5.45. The highest BCUT2D eigenvalue weighted by molar-refractivity contribution is 7.71. The highest BCUT2D eigenvalue weighted by atomic mass is 32.1. The third kappa shape index (κ3) is 2.91. The van der Waals surface area contributed by atoms with Gasteiger partial charge in [0.15, 0.2) is 4.77 Å². The average molecular weight is 227 g/mol. The molecule has 86 valence electrons. The van der Waals surface area contributed by atoms with Crippen LogP contribution in [0.15, 0.2) is 0 Å². The topological polar surface area (TPSA) is 33.6 Å². The molecule has 0 aromatic carbocycles. The third-order valence-electron chi connectivity index (χ3n) is 2.97. The molecular formula is C11H21N3S. The summed E-state index contributed by atoms with van der Waals surface area (Å²) in [7, 11) is 0. The maximum absolute atomic E-state index is 5.25. The number of hydrogen-bond donors (Lipinski definition) is 1. The smallest absolute Gasteiger partial charge is 0.195 e. The van der Waals surface area contributed by atoms with E-state index in [1.54, 1.807) is 0 Å². The van der Waals surface area contributed by atoms with Crippen LogP contribution in [-0.4, -0.2) is 14.8 Å². The first-order chi connectivity index (χ1) is 7.10. The third-order valence-corrected chi connectivity index (χ3v) is 3.26. The normalized spacial score (nSPS) is 15.2. The molecule has 1 aromatic heterocycles. The fourth-order valence-corrected chi connectivity index (χ4v) is 2.23. The Morgan fingerprint density at radius 3 is 2.60 bits per heavy atom. The predicted molar refractivity (Wildman–Crippen MR) is 65.6 cm³/mol. The number of aryl methyl sites for hydroxylation is 1. The highest BCUT2D eigenvalue weighted by Crippen LogP contribution is 2.20. The minimum absolute atomic E-state index is 0.446. The second-order valence-corrected chi connectivity index (χ2v) is 4.65. The lowest BCUT2D eigenvalue weighted by Crippen LogP contribution is -2.12. The lowest BCUT2D eigenvalue weighted by molar-refractivity contribution is 0.388. The van der Waals surface area contributed by atoms with E-state index in [1.807, 2.05) is 0 Å². The first-order valence-electron chi connectivity index (χ1n) is 5.75. The van der Waals surface area contributed by atoms with Gasteiger partial charge in [0.05, 0.1) is 0 Å². The Bertz CT molecular complexity index is 353. The van der Waals surface area contributed by atoms with Crippen molar-refractivity contribution in [3.63, 3.8) is 0 Å². The lowest BCUT2D eigenvalue weighted by Gasteiger charge is -2.18. The van der Waals surface area contributed by atoms with E-state index in [-0.39, 0.29) is 0 Å². The van der Waals surface area contributed by atoms with Gasteiger partial charge in [-0.05, 0) is 31.5 Å². The summed E-state index contributed by atoms with van der Waals surface area (Å²) in [5.41, 5.74) is 0. The Labute approximate surface area is 96.9 Å². The molecule has 0 saturated heterocycles. The zero-order valence-electron chi connectivity index (χ0n) is 10.1. The van der Waals surface area contributed by atoms with E-state index < -0.39 is 0 Å². The quantitative estimate of drug-likeness (QED) is 0.781. The van der Waals surface area contributed by atoms with Crippen LogP contribution in [-0.2, 0) is 6.42 Å². The Morgan fingerprint density at radius 2 is 2.07 bits per heavy atom. The number of hydrogen-bond acceptors (Lipinski definition) is 2. The van der Waals surface area contributed by atoms with E-state index in [0.717, 1.165) is 29.4 Å². The number of aromatic nitrogens is 3. The minimum Gasteiger partial charge on any atom is -0.301 e. The monoisotopic (exact) mass is 227 g/mol. The molecule has 0 fully saturated rings. The zero-order valence-corrected chi connectivity index (χ0v) is 10.9. The van der Waals surface area contributed by atoms with E-state index in [2.05, 4.69) is 42.5 Å². The highest BCUT2D eigenvalue weighted by Gasteiger charge is 2.13. The molecule has 1 aromatic rings. The van der Waals surface area contributed by atoms with Crippen LogP contribution in [0.2, 0.25) is 0 Å². The molecule has 0 aliphatic carbocycles. The molecule has 0 bridgehead atoms. The van der Waals surface area contributed by atoms with Gasteiger partial charge in [-0.25, -0.2) is 0 Å². The van der Waals surface area contributed by atoms with Crippen LogP contribution < -0.4 is 0 Å². The molecule has 2 atom stereocenters. The van der Waals surface area contributed by atoms with Gasteiger partial charge in [0.25, 0.3) is 0 Å². The van der Waals surface area contributed by atoms with Crippen LogP contribution in [0, 0.1) is 10.7 Å². The van der Waals surface area contributed by atoms with Gasteiger partial charge in [0, 0.05) is 12.5 Å². The molecule has 3 nitrogen and oxygen atoms in total. The summed E-state index contributed by atoms with van der Waals surface area (Å²) in [6.07, 6.45) is 3.31. The molecule has 0 spiro atoms. The van der Waals surface area contributed by atoms with Gasteiger partial charge in [-0.2, -0.15) is 5.10 Å². The average Bonchev–Trinajstić information content (AvgIpc) is 2.59. The van der Waals surface area contributed by atoms with Crippen molar-refractivity contribution in [2.24, 2.45) is 5.92 Å². The molecule has 0 amide bonds. The van der Waals surface area contributed by atoms with E-state index in [9.17, 15) is 0 Å². The van der Waals surface area contributed by atoms with Gasteiger partial charge in [-0.3, -0.25) is 5.10 Å². The molecular weight excluding hydrogens is 206 g/mol. The summed E-state index contributed by atoms with van der Waals surface area (Å²) in [6.45, 7) is 8.84. The van der Waals surface area contributed by atoms with Gasteiger partial charge in [-0.1, -0.05) is 27.2 Å². The lowest BCUT2D eigenvalue weighted by atomic mass is 10.0. The van der Waals surface area contributed by atoms with Crippen LogP contribution >= 0.6 is 12.2 Å². The number of H-pyrrole nitrogens is 1. The van der Waals surface area contributed by atoms with Crippen LogP contribution in [0.4, 0.5) is 0 Å². The molecule has 0 aliphatic rings. The second-order valence-electron chi connectivity index (χ2n) is 4.27. The summed E-state index contributed by atoms with van der Waals surface area (Å²) in [5, 5.41) is 7.11. The van der Waals surface area contributed by atoms with E-state index in [1.165, 1.54) is 6.42 Å². The first-order valence-corrected chi connectivity index (χ1v) is 6.16. The number of rotatable bonds is 5. The molecule has 0 radical (unpaired) electrons. The molecule has 15 heavy (non-hydrogen) atoms. The van der Waals surface area contributed by atoms with Crippen LogP contribution in [0.1, 0.15) is 52.4 Å². The Balaban J connectivity index is 2.85. The maximum atomic E-state index is 5.25. The van der Waals surface area contributed by atoms with Crippen molar-refractivity contribution in [1.82, 2.24) is 14.8 Å². The predicted octanol–water partition coefficient (Wildman–Crippen LogP) is 3.50. The van der Waals surface area contributed by atoms with Gasteiger partial charge in [0.2, 0.25) is 0 Å². The summed E-state index contributed by atoms with van der Waals surface area (Å²) < 4.78 is 2.91. The van der Waals surface area contributed by atoms with Crippen molar-refractivity contribution in [1.29, 1.82) is 0 Å². The van der Waals surface area contributed by atoms with E-state index in [0.29, 0.717) is 6.04 Å². The fourth-order valence-electron chi connectivity index (χ4n) is 1.90. The SMILES string of the molecule is CCc1n[nH]c(=S)n1C(C)CC(C)CC. The molecule has 2 unspecified atom stereocenters. The van der Waals surface area contributed by atoms with Crippen molar-refractivity contribution in [3.05, 3.63) is 10.6 Å². The summed E-state index contributed by atoms with van der Waals surface area (Å²) in [4.78, 5) is 0. The largest absolute Gasteiger partial charge is 0.301 e. The van der Waals surface area contributed by atoms with Gasteiger partial charge in [-0.15, -0.1) is 0 Å². The van der Waals surface area contributed by atoms with Gasteiger partial charge >= 0.3 is 0 Å². The molecule has 4 heteroatoms. The Morgan fingerprint density at radius 1 is 1.40 bits per heavy atom. The number of nitrogens with one attached hydrogen (secondary N) is 1. The zero-order chi connectivity index (χ0) is 11.4. The maximum Gasteiger partial charge on any atom is 0.195 e. The number of aromatic amines is 1. The van der Waals surface area contributed by atoms with Gasteiger partial charge in [0.1, 0.15) is 5.82 Å². The van der Waals surface area contributed by atoms with E-state index >= 15 is 0 Å². The fraction of sp³-hybridized carbons (Fsp3) is 0.818. The van der Waals surface area contributed by atoms with Crippen molar-refractivity contribution in [2.45, 2.75) is 53.0 Å². The molecule has 0 aliphatic heterocycles. The van der Waals surface area contributed by atoms with Crippen LogP contribution in [0.5, 0.6) is 0 Å². The Kier molecular flexibility index (Phi) is 4.51. The van der Waals surface area contributed by atoms with Gasteiger partial charge < -0.3 is 4.57 Å². The molecule has 1 N–H and O–H groups in total. The first kappa shape index (κ1) is 12.4.